The zero-order valence-corrected chi connectivity index (χ0v) is 9.65. The van der Waals surface area contributed by atoms with E-state index in [-0.39, 0.29) is 0 Å². The van der Waals surface area contributed by atoms with Gasteiger partial charge in [-0.3, -0.25) is 4.79 Å². The number of carboxylic acids is 1. The summed E-state index contributed by atoms with van der Waals surface area (Å²) in [5, 5.41) is 9.40. The van der Waals surface area contributed by atoms with E-state index >= 15 is 0 Å². The first-order valence-corrected chi connectivity index (χ1v) is 5.92. The average molecular weight is 253 g/mol. The smallest absolute Gasteiger partial charge is 0.320 e. The Bertz CT molecular complexity index is 529. The van der Waals surface area contributed by atoms with Crippen LogP contribution in [0, 0.1) is 0 Å². The van der Waals surface area contributed by atoms with Crippen molar-refractivity contribution in [2.24, 2.45) is 5.73 Å². The molecule has 0 unspecified atom stereocenters. The molecule has 7 nitrogen and oxygen atoms in total. The van der Waals surface area contributed by atoms with Gasteiger partial charge >= 0.3 is 5.97 Å². The zero-order chi connectivity index (χ0) is 12.3. The standard InChI is InChI=1S/C9H11N5O2S/c10-5(9(15)16)1-2-17-8-6-7(12-3-11-6)13-4-14-8/h3-5H,1-2,10H2,(H,15,16)(H,11,12,13,14)/t5-/m0/s1. The number of nitrogens with zero attached hydrogens (tertiary/aromatic N) is 3. The number of hydrogen-bond acceptors (Lipinski definition) is 6. The highest BCUT2D eigenvalue weighted by molar-refractivity contribution is 7.99. The summed E-state index contributed by atoms with van der Waals surface area (Å²) in [6.07, 6.45) is 3.37. The summed E-state index contributed by atoms with van der Waals surface area (Å²) in [5.74, 6) is -0.404. The summed E-state index contributed by atoms with van der Waals surface area (Å²) in [4.78, 5) is 25.6. The van der Waals surface area contributed by atoms with Crippen LogP contribution >= 0.6 is 11.8 Å². The summed E-state index contributed by atoms with van der Waals surface area (Å²) in [6, 6.07) is -0.832. The number of nitrogens with one attached hydrogen (secondary N) is 1. The molecule has 8 heteroatoms. The van der Waals surface area contributed by atoms with Crippen LogP contribution in [0.5, 0.6) is 0 Å². The lowest BCUT2D eigenvalue weighted by Gasteiger charge is -2.05. The Morgan fingerprint density at radius 1 is 1.53 bits per heavy atom. The van der Waals surface area contributed by atoms with E-state index in [1.54, 1.807) is 6.33 Å². The minimum Gasteiger partial charge on any atom is -0.480 e. The molecule has 2 aromatic heterocycles. The molecule has 0 aliphatic heterocycles. The number of H-pyrrole nitrogens is 1. The highest BCUT2D eigenvalue weighted by Gasteiger charge is 2.12. The summed E-state index contributed by atoms with van der Waals surface area (Å²) < 4.78 is 0. The molecule has 1 atom stereocenters. The number of aromatic amines is 1. The number of aliphatic carboxylic acids is 1. The van der Waals surface area contributed by atoms with Crippen molar-refractivity contribution in [1.82, 2.24) is 19.9 Å². The molecule has 0 aromatic carbocycles. The Labute approximate surface area is 101 Å². The fraction of sp³-hybridized carbons (Fsp3) is 0.333. The van der Waals surface area contributed by atoms with E-state index in [9.17, 15) is 4.79 Å². The van der Waals surface area contributed by atoms with Crippen molar-refractivity contribution < 1.29 is 9.90 Å². The molecule has 17 heavy (non-hydrogen) atoms. The third-order valence-corrected chi connectivity index (χ3v) is 3.20. The molecule has 0 bridgehead atoms. The largest absolute Gasteiger partial charge is 0.480 e. The van der Waals surface area contributed by atoms with E-state index in [0.29, 0.717) is 17.8 Å². The topological polar surface area (TPSA) is 118 Å². The van der Waals surface area contributed by atoms with Gasteiger partial charge in [-0.2, -0.15) is 0 Å². The number of carbonyl (C=O) groups is 1. The lowest BCUT2D eigenvalue weighted by Crippen LogP contribution is -2.30. The van der Waals surface area contributed by atoms with Gasteiger partial charge in [0.05, 0.1) is 6.33 Å². The Balaban J connectivity index is 1.99. The fourth-order valence-electron chi connectivity index (χ4n) is 1.26. The van der Waals surface area contributed by atoms with Crippen LogP contribution in [0.15, 0.2) is 17.7 Å². The number of carboxylic acid groups (broad SMARTS) is 1. The van der Waals surface area contributed by atoms with Crippen molar-refractivity contribution in [2.75, 3.05) is 5.75 Å². The van der Waals surface area contributed by atoms with Gasteiger partial charge in [0.2, 0.25) is 0 Å². The normalized spacial score (nSPS) is 12.8. The molecule has 0 amide bonds. The van der Waals surface area contributed by atoms with E-state index in [4.69, 9.17) is 10.8 Å². The number of rotatable bonds is 5. The molecule has 4 N–H and O–H groups in total. The van der Waals surface area contributed by atoms with Gasteiger partial charge in [0, 0.05) is 5.75 Å². The molecule has 0 saturated carbocycles. The number of imidazole rings is 1. The summed E-state index contributed by atoms with van der Waals surface area (Å²) >= 11 is 1.43. The molecule has 0 saturated heterocycles. The van der Waals surface area contributed by atoms with Crippen molar-refractivity contribution in [1.29, 1.82) is 0 Å². The maximum atomic E-state index is 10.5. The molecule has 2 aromatic rings. The third-order valence-electron chi connectivity index (χ3n) is 2.17. The molecular formula is C9H11N5O2S. The monoisotopic (exact) mass is 253 g/mol. The van der Waals surface area contributed by atoms with Crippen LogP contribution in [0.3, 0.4) is 0 Å². The summed E-state index contributed by atoms with van der Waals surface area (Å²) in [7, 11) is 0. The summed E-state index contributed by atoms with van der Waals surface area (Å²) in [6.45, 7) is 0. The lowest BCUT2D eigenvalue weighted by atomic mass is 10.2. The first kappa shape index (κ1) is 11.8. The van der Waals surface area contributed by atoms with Gasteiger partial charge in [-0.05, 0) is 6.42 Å². The van der Waals surface area contributed by atoms with Crippen LogP contribution in [0.4, 0.5) is 0 Å². The minimum atomic E-state index is -0.986. The number of thioether (sulfide) groups is 1. The highest BCUT2D eigenvalue weighted by Crippen LogP contribution is 2.22. The van der Waals surface area contributed by atoms with Crippen molar-refractivity contribution in [3.8, 4) is 0 Å². The van der Waals surface area contributed by atoms with Crippen LogP contribution in [-0.4, -0.2) is 42.8 Å². The lowest BCUT2D eigenvalue weighted by molar-refractivity contribution is -0.138. The second-order valence-corrected chi connectivity index (χ2v) is 4.45. The molecule has 0 fully saturated rings. The molecule has 0 spiro atoms. The van der Waals surface area contributed by atoms with Crippen LogP contribution in [0.1, 0.15) is 6.42 Å². The molecular weight excluding hydrogens is 242 g/mol. The van der Waals surface area contributed by atoms with Gasteiger partial charge in [0.1, 0.15) is 22.9 Å². The van der Waals surface area contributed by atoms with Crippen LogP contribution in [-0.2, 0) is 4.79 Å². The maximum absolute atomic E-state index is 10.5. The SMILES string of the molecule is N[C@@H](CCSc1ncnc2nc[nH]c12)C(=O)O. The van der Waals surface area contributed by atoms with Crippen molar-refractivity contribution in [3.63, 3.8) is 0 Å². The molecule has 0 aliphatic carbocycles. The Morgan fingerprint density at radius 2 is 2.35 bits per heavy atom. The third kappa shape index (κ3) is 2.71. The van der Waals surface area contributed by atoms with E-state index in [0.717, 1.165) is 10.5 Å². The molecule has 0 aliphatic rings. The number of hydrogen-bond donors (Lipinski definition) is 3. The van der Waals surface area contributed by atoms with Gasteiger partial charge < -0.3 is 15.8 Å². The fourth-order valence-corrected chi connectivity index (χ4v) is 2.24. The van der Waals surface area contributed by atoms with Gasteiger partial charge in [0.15, 0.2) is 5.65 Å². The van der Waals surface area contributed by atoms with Gasteiger partial charge in [-0.25, -0.2) is 15.0 Å². The molecule has 0 radical (unpaired) electrons. The number of aromatic nitrogens is 4. The highest BCUT2D eigenvalue weighted by atomic mass is 32.2. The Morgan fingerprint density at radius 3 is 3.12 bits per heavy atom. The minimum absolute atomic E-state index is 0.389. The van der Waals surface area contributed by atoms with E-state index < -0.39 is 12.0 Å². The first-order valence-electron chi connectivity index (χ1n) is 4.93. The quantitative estimate of drug-likeness (QED) is 0.516. The number of nitrogens with two attached hydrogens (primary N) is 1. The van der Waals surface area contributed by atoms with Gasteiger partial charge in [0.25, 0.3) is 0 Å². The van der Waals surface area contributed by atoms with Crippen LogP contribution < -0.4 is 5.73 Å². The van der Waals surface area contributed by atoms with Crippen molar-refractivity contribution in [3.05, 3.63) is 12.7 Å². The molecule has 2 rings (SSSR count). The van der Waals surface area contributed by atoms with E-state index in [2.05, 4.69) is 19.9 Å². The van der Waals surface area contributed by atoms with Gasteiger partial charge in [-0.15, -0.1) is 11.8 Å². The van der Waals surface area contributed by atoms with E-state index in [1.165, 1.54) is 18.1 Å². The predicted octanol–water partition coefficient (Wildman–Crippen LogP) is 0.247. The second kappa shape index (κ2) is 5.11. The maximum Gasteiger partial charge on any atom is 0.320 e. The first-order chi connectivity index (χ1) is 8.18. The molecule has 90 valence electrons. The average Bonchev–Trinajstić information content (AvgIpc) is 2.77. The van der Waals surface area contributed by atoms with Crippen molar-refractivity contribution in [2.45, 2.75) is 17.5 Å². The molecule has 2 heterocycles. The number of fused-ring (bicyclic) bond motifs is 1. The zero-order valence-electron chi connectivity index (χ0n) is 8.83. The Hall–Kier alpha value is -1.67. The van der Waals surface area contributed by atoms with E-state index in [1.807, 2.05) is 0 Å². The Kier molecular flexibility index (Phi) is 3.55. The predicted molar refractivity (Wildman–Crippen MR) is 62.6 cm³/mol. The van der Waals surface area contributed by atoms with Crippen LogP contribution in [0.2, 0.25) is 0 Å². The summed E-state index contributed by atoms with van der Waals surface area (Å²) in [5.41, 5.74) is 6.77. The van der Waals surface area contributed by atoms with Gasteiger partial charge in [-0.1, -0.05) is 0 Å². The second-order valence-electron chi connectivity index (χ2n) is 3.36. The van der Waals surface area contributed by atoms with Crippen LogP contribution in [0.25, 0.3) is 11.2 Å². The van der Waals surface area contributed by atoms with Crippen molar-refractivity contribution >= 4 is 28.9 Å².